The van der Waals surface area contributed by atoms with Crippen LogP contribution in [-0.2, 0) is 5.54 Å². The van der Waals surface area contributed by atoms with E-state index in [9.17, 15) is 0 Å². The van der Waals surface area contributed by atoms with Crippen molar-refractivity contribution < 1.29 is 0 Å². The van der Waals surface area contributed by atoms with E-state index in [4.69, 9.17) is 5.73 Å². The highest BCUT2D eigenvalue weighted by atomic mass is 32.1. The molecule has 1 aromatic rings. The van der Waals surface area contributed by atoms with Crippen molar-refractivity contribution in [1.82, 2.24) is 0 Å². The van der Waals surface area contributed by atoms with Gasteiger partial charge < -0.3 is 5.73 Å². The fourth-order valence-corrected chi connectivity index (χ4v) is 3.66. The van der Waals surface area contributed by atoms with Gasteiger partial charge in [-0.05, 0) is 42.2 Å². The molecule has 0 amide bonds. The van der Waals surface area contributed by atoms with E-state index in [2.05, 4.69) is 32.2 Å². The molecule has 0 saturated heterocycles. The number of nitrogens with two attached hydrogens (primary N) is 1. The fraction of sp³-hybridized carbons (Fsp3) is 0.692. The molecule has 0 aromatic carbocycles. The van der Waals surface area contributed by atoms with Gasteiger partial charge in [0.2, 0.25) is 0 Å². The van der Waals surface area contributed by atoms with Crippen molar-refractivity contribution in [3.63, 3.8) is 0 Å². The predicted octanol–water partition coefficient (Wildman–Crippen LogP) is 3.81. The summed E-state index contributed by atoms with van der Waals surface area (Å²) in [6.07, 6.45) is 4.99. The number of hydrogen-bond donors (Lipinski definition) is 1. The zero-order valence-electron chi connectivity index (χ0n) is 9.97. The van der Waals surface area contributed by atoms with Crippen molar-refractivity contribution in [3.05, 3.63) is 21.9 Å². The predicted molar refractivity (Wildman–Crippen MR) is 67.2 cm³/mol. The number of aryl methyl sites for hydroxylation is 1. The minimum atomic E-state index is -0.102. The fourth-order valence-electron chi connectivity index (χ4n) is 2.88. The van der Waals surface area contributed by atoms with Gasteiger partial charge >= 0.3 is 0 Å². The van der Waals surface area contributed by atoms with Gasteiger partial charge in [-0.3, -0.25) is 0 Å². The van der Waals surface area contributed by atoms with E-state index >= 15 is 0 Å². The van der Waals surface area contributed by atoms with Gasteiger partial charge in [-0.15, -0.1) is 11.3 Å². The lowest BCUT2D eigenvalue weighted by molar-refractivity contribution is 0.0977. The topological polar surface area (TPSA) is 26.0 Å². The van der Waals surface area contributed by atoms with Crippen LogP contribution in [0.15, 0.2) is 11.4 Å². The first-order chi connectivity index (χ1) is 6.97. The molecule has 0 aliphatic heterocycles. The van der Waals surface area contributed by atoms with Crippen molar-refractivity contribution in [2.75, 3.05) is 0 Å². The molecule has 1 aliphatic carbocycles. The number of rotatable bonds is 1. The highest BCUT2D eigenvalue weighted by Gasteiger charge is 2.45. The minimum absolute atomic E-state index is 0.102. The van der Waals surface area contributed by atoms with Crippen LogP contribution in [0.1, 0.15) is 50.0 Å². The van der Waals surface area contributed by atoms with E-state index in [0.29, 0.717) is 0 Å². The molecule has 15 heavy (non-hydrogen) atoms. The Labute approximate surface area is 96.7 Å². The molecule has 1 nitrogen and oxygen atoms in total. The molecule has 2 rings (SSSR count). The van der Waals surface area contributed by atoms with E-state index in [1.807, 2.05) is 11.3 Å². The van der Waals surface area contributed by atoms with E-state index < -0.39 is 0 Å². The summed E-state index contributed by atoms with van der Waals surface area (Å²) >= 11 is 1.82. The highest BCUT2D eigenvalue weighted by molar-refractivity contribution is 7.10. The van der Waals surface area contributed by atoms with Crippen LogP contribution in [0.4, 0.5) is 0 Å². The Morgan fingerprint density at radius 3 is 2.47 bits per heavy atom. The maximum atomic E-state index is 6.71. The second-order valence-electron chi connectivity index (χ2n) is 5.45. The third-order valence-electron chi connectivity index (χ3n) is 4.17. The van der Waals surface area contributed by atoms with Gasteiger partial charge in [0.25, 0.3) is 0 Å². The van der Waals surface area contributed by atoms with E-state index in [1.165, 1.54) is 29.7 Å². The maximum absolute atomic E-state index is 6.71. The molecule has 1 unspecified atom stereocenters. The van der Waals surface area contributed by atoms with Crippen molar-refractivity contribution in [1.29, 1.82) is 0 Å². The van der Waals surface area contributed by atoms with Crippen LogP contribution in [0, 0.1) is 12.3 Å². The smallest absolute Gasteiger partial charge is 0.0472 e. The standard InChI is InChI=1S/C13H21NS/c1-10-11(6-9-15-10)13(14)8-5-4-7-12(13,2)3/h6,9H,4-5,7-8,14H2,1-3H3. The molecule has 2 N–H and O–H groups in total. The summed E-state index contributed by atoms with van der Waals surface area (Å²) < 4.78 is 0. The Morgan fingerprint density at radius 2 is 1.93 bits per heavy atom. The third-order valence-corrected chi connectivity index (χ3v) is 5.02. The Balaban J connectivity index is 2.44. The van der Waals surface area contributed by atoms with Crippen molar-refractivity contribution in [2.24, 2.45) is 11.1 Å². The molecular weight excluding hydrogens is 202 g/mol. The quantitative estimate of drug-likeness (QED) is 0.769. The van der Waals surface area contributed by atoms with Crippen molar-refractivity contribution in [3.8, 4) is 0 Å². The van der Waals surface area contributed by atoms with Gasteiger partial charge in [0.05, 0.1) is 0 Å². The molecule has 1 atom stereocenters. The number of hydrogen-bond acceptors (Lipinski definition) is 2. The summed E-state index contributed by atoms with van der Waals surface area (Å²) in [5.41, 5.74) is 8.23. The first-order valence-electron chi connectivity index (χ1n) is 5.81. The Kier molecular flexibility index (Phi) is 2.68. The van der Waals surface area contributed by atoms with Crippen LogP contribution in [0.25, 0.3) is 0 Å². The van der Waals surface area contributed by atoms with E-state index in [1.54, 1.807) is 0 Å². The molecule has 1 aliphatic rings. The first-order valence-corrected chi connectivity index (χ1v) is 6.69. The SMILES string of the molecule is Cc1sccc1C1(N)CCCCC1(C)C. The van der Waals surface area contributed by atoms with Crippen LogP contribution >= 0.6 is 11.3 Å². The molecule has 1 aromatic heterocycles. The van der Waals surface area contributed by atoms with E-state index in [0.717, 1.165) is 6.42 Å². The Bertz CT molecular complexity index is 353. The zero-order valence-corrected chi connectivity index (χ0v) is 10.8. The molecule has 0 spiro atoms. The summed E-state index contributed by atoms with van der Waals surface area (Å²) in [6.45, 7) is 6.84. The second kappa shape index (κ2) is 3.60. The third kappa shape index (κ3) is 1.64. The summed E-state index contributed by atoms with van der Waals surface area (Å²) in [5, 5.41) is 2.17. The number of thiophene rings is 1. The molecule has 84 valence electrons. The summed E-state index contributed by atoms with van der Waals surface area (Å²) in [5.74, 6) is 0. The van der Waals surface area contributed by atoms with Gasteiger partial charge in [0, 0.05) is 10.4 Å². The highest BCUT2D eigenvalue weighted by Crippen LogP contribution is 2.49. The largest absolute Gasteiger partial charge is 0.321 e. The monoisotopic (exact) mass is 223 g/mol. The molecule has 2 heteroatoms. The molecule has 0 radical (unpaired) electrons. The molecule has 1 saturated carbocycles. The average Bonchev–Trinajstić information content (AvgIpc) is 2.57. The van der Waals surface area contributed by atoms with Gasteiger partial charge in [-0.2, -0.15) is 0 Å². The second-order valence-corrected chi connectivity index (χ2v) is 6.57. The van der Waals surface area contributed by atoms with Crippen molar-refractivity contribution in [2.45, 2.75) is 52.0 Å². The zero-order chi connectivity index (χ0) is 11.1. The van der Waals surface area contributed by atoms with Crippen LogP contribution in [0.5, 0.6) is 0 Å². The first kappa shape index (κ1) is 11.2. The summed E-state index contributed by atoms with van der Waals surface area (Å²) in [7, 11) is 0. The Hall–Kier alpha value is -0.340. The Morgan fingerprint density at radius 1 is 1.27 bits per heavy atom. The normalized spacial score (nSPS) is 30.4. The maximum Gasteiger partial charge on any atom is 0.0472 e. The van der Waals surface area contributed by atoms with Gasteiger partial charge in [-0.1, -0.05) is 26.7 Å². The summed E-state index contributed by atoms with van der Waals surface area (Å²) in [4.78, 5) is 1.40. The lowest BCUT2D eigenvalue weighted by atomic mass is 9.61. The van der Waals surface area contributed by atoms with Gasteiger partial charge in [0.1, 0.15) is 0 Å². The van der Waals surface area contributed by atoms with Crippen molar-refractivity contribution >= 4 is 11.3 Å². The molecular formula is C13H21NS. The lowest BCUT2D eigenvalue weighted by Crippen LogP contribution is -2.51. The molecule has 1 heterocycles. The van der Waals surface area contributed by atoms with Crippen LogP contribution in [-0.4, -0.2) is 0 Å². The van der Waals surface area contributed by atoms with Gasteiger partial charge in [0.15, 0.2) is 0 Å². The summed E-state index contributed by atoms with van der Waals surface area (Å²) in [6, 6.07) is 2.23. The molecule has 0 bridgehead atoms. The van der Waals surface area contributed by atoms with E-state index in [-0.39, 0.29) is 11.0 Å². The molecule has 1 fully saturated rings. The average molecular weight is 223 g/mol. The lowest BCUT2D eigenvalue weighted by Gasteiger charge is -2.48. The van der Waals surface area contributed by atoms with Crippen LogP contribution in [0.3, 0.4) is 0 Å². The van der Waals surface area contributed by atoms with Crippen LogP contribution in [0.2, 0.25) is 0 Å². The van der Waals surface area contributed by atoms with Gasteiger partial charge in [-0.25, -0.2) is 0 Å². The van der Waals surface area contributed by atoms with Crippen LogP contribution < -0.4 is 5.73 Å². The minimum Gasteiger partial charge on any atom is -0.321 e.